The molecule has 0 amide bonds. The van der Waals surface area contributed by atoms with E-state index in [-0.39, 0.29) is 5.78 Å². The highest BCUT2D eigenvalue weighted by Gasteiger charge is 2.33. The molecule has 1 N–H and O–H groups in total. The number of nitrogens with one attached hydrogen (secondary N) is 1. The zero-order chi connectivity index (χ0) is 18.4. The number of hydrogen-bond acceptors (Lipinski definition) is 3. The molecule has 0 bridgehead atoms. The Morgan fingerprint density at radius 2 is 2.00 bits per heavy atom. The monoisotopic (exact) mass is 389 g/mol. The second-order valence-corrected chi connectivity index (χ2v) is 9.08. The van der Waals surface area contributed by atoms with Gasteiger partial charge in [0.1, 0.15) is 0 Å². The molecule has 2 nitrogen and oxygen atoms in total. The molecule has 3 rings (SSSR count). The standard InChI is InChI=1S/C22H28ClNOS/c1-16(25)22-13-11-19(26-22)8-5-9-20-18(10-12-21(20)23)15-24-14-17-6-3-2-4-7-17/h2-4,6-7,11,13,18,20-21,24H,5,8-10,12,14-15H2,1H3/t18?,20-,21?/m1/s1. The van der Waals surface area contributed by atoms with Crippen LogP contribution in [-0.2, 0) is 13.0 Å². The van der Waals surface area contributed by atoms with Crippen molar-refractivity contribution in [1.82, 2.24) is 5.32 Å². The molecule has 1 aliphatic rings. The van der Waals surface area contributed by atoms with Gasteiger partial charge in [0.2, 0.25) is 0 Å². The predicted octanol–water partition coefficient (Wildman–Crippen LogP) is 5.70. The smallest absolute Gasteiger partial charge is 0.169 e. The second-order valence-electron chi connectivity index (χ2n) is 7.35. The van der Waals surface area contributed by atoms with E-state index in [0.29, 0.717) is 17.2 Å². The number of carbonyl (C=O) groups excluding carboxylic acids is 1. The number of rotatable bonds is 9. The van der Waals surface area contributed by atoms with E-state index >= 15 is 0 Å². The third-order valence-electron chi connectivity index (χ3n) is 5.43. The van der Waals surface area contributed by atoms with E-state index in [9.17, 15) is 4.79 Å². The van der Waals surface area contributed by atoms with Gasteiger partial charge in [0.15, 0.2) is 5.78 Å². The van der Waals surface area contributed by atoms with E-state index in [1.807, 2.05) is 6.07 Å². The normalized spacial score (nSPS) is 22.6. The summed E-state index contributed by atoms with van der Waals surface area (Å²) in [6.07, 6.45) is 5.76. The maximum atomic E-state index is 11.4. The molecule has 4 heteroatoms. The minimum Gasteiger partial charge on any atom is -0.312 e. The maximum absolute atomic E-state index is 11.4. The quantitative estimate of drug-likeness (QED) is 0.440. The van der Waals surface area contributed by atoms with Crippen LogP contribution in [0.15, 0.2) is 42.5 Å². The van der Waals surface area contributed by atoms with E-state index in [2.05, 4.69) is 41.7 Å². The molecule has 1 aromatic carbocycles. The van der Waals surface area contributed by atoms with E-state index in [1.165, 1.54) is 23.3 Å². The molecular formula is C22H28ClNOS. The summed E-state index contributed by atoms with van der Waals surface area (Å²) in [5.74, 6) is 1.45. The van der Waals surface area contributed by atoms with E-state index in [0.717, 1.165) is 37.2 Å². The molecule has 140 valence electrons. The molecule has 0 aliphatic heterocycles. The van der Waals surface area contributed by atoms with E-state index < -0.39 is 0 Å². The molecule has 0 radical (unpaired) electrons. The molecule has 1 aromatic heterocycles. The van der Waals surface area contributed by atoms with Crippen LogP contribution in [0.4, 0.5) is 0 Å². The lowest BCUT2D eigenvalue weighted by Crippen LogP contribution is -2.27. The largest absolute Gasteiger partial charge is 0.312 e. The summed E-state index contributed by atoms with van der Waals surface area (Å²) >= 11 is 8.27. The SMILES string of the molecule is CC(=O)c1ccc(CCC[C@H]2C(Cl)CCC2CNCc2ccccc2)s1. The molecule has 26 heavy (non-hydrogen) atoms. The fourth-order valence-corrected chi connectivity index (χ4v) is 5.38. The van der Waals surface area contributed by atoms with Crippen molar-refractivity contribution in [2.75, 3.05) is 6.54 Å². The summed E-state index contributed by atoms with van der Waals surface area (Å²) < 4.78 is 0. The van der Waals surface area contributed by atoms with Gasteiger partial charge in [-0.2, -0.15) is 0 Å². The number of ketones is 1. The third kappa shape index (κ3) is 5.42. The molecule has 1 heterocycles. The van der Waals surface area contributed by atoms with E-state index in [4.69, 9.17) is 11.6 Å². The Morgan fingerprint density at radius 3 is 2.73 bits per heavy atom. The Hall–Kier alpha value is -1.16. The van der Waals surface area contributed by atoms with Crippen LogP contribution in [-0.4, -0.2) is 17.7 Å². The van der Waals surface area contributed by atoms with Gasteiger partial charge in [-0.3, -0.25) is 4.79 Å². The molecule has 2 aromatic rings. The highest BCUT2D eigenvalue weighted by molar-refractivity contribution is 7.14. The molecule has 3 atom stereocenters. The fourth-order valence-electron chi connectivity index (χ4n) is 3.98. The van der Waals surface area contributed by atoms with Crippen molar-refractivity contribution >= 4 is 28.7 Å². The molecule has 0 saturated heterocycles. The number of Topliss-reactive ketones (excluding diaryl/α,β-unsaturated/α-hetero) is 1. The van der Waals surface area contributed by atoms with Gasteiger partial charge in [-0.15, -0.1) is 22.9 Å². The van der Waals surface area contributed by atoms with Gasteiger partial charge < -0.3 is 5.32 Å². The summed E-state index contributed by atoms with van der Waals surface area (Å²) in [6.45, 7) is 3.62. The lowest BCUT2D eigenvalue weighted by Gasteiger charge is -2.22. The fraction of sp³-hybridized carbons (Fsp3) is 0.500. The van der Waals surface area contributed by atoms with Gasteiger partial charge in [-0.05, 0) is 75.1 Å². The lowest BCUT2D eigenvalue weighted by atomic mass is 9.90. The first-order valence-corrected chi connectivity index (χ1v) is 10.9. The first-order chi connectivity index (χ1) is 12.6. The summed E-state index contributed by atoms with van der Waals surface area (Å²) in [7, 11) is 0. The van der Waals surface area contributed by atoms with Crippen molar-refractivity contribution < 1.29 is 4.79 Å². The zero-order valence-electron chi connectivity index (χ0n) is 15.4. The number of benzene rings is 1. The van der Waals surface area contributed by atoms with Crippen LogP contribution >= 0.6 is 22.9 Å². The van der Waals surface area contributed by atoms with Crippen molar-refractivity contribution in [3.8, 4) is 0 Å². The topological polar surface area (TPSA) is 29.1 Å². The van der Waals surface area contributed by atoms with Gasteiger partial charge in [-0.1, -0.05) is 30.3 Å². The van der Waals surface area contributed by atoms with Crippen LogP contribution in [0.2, 0.25) is 0 Å². The molecule has 2 unspecified atom stereocenters. The number of thiophene rings is 1. The molecular weight excluding hydrogens is 362 g/mol. The van der Waals surface area contributed by atoms with Crippen LogP contribution in [0, 0.1) is 11.8 Å². The highest BCUT2D eigenvalue weighted by Crippen LogP contribution is 2.38. The number of halogens is 1. The zero-order valence-corrected chi connectivity index (χ0v) is 17.0. The van der Waals surface area contributed by atoms with Crippen molar-refractivity contribution in [3.05, 3.63) is 57.8 Å². The van der Waals surface area contributed by atoms with Crippen LogP contribution < -0.4 is 5.32 Å². The summed E-state index contributed by atoms with van der Waals surface area (Å²) in [4.78, 5) is 13.6. The number of alkyl halides is 1. The van der Waals surface area contributed by atoms with Crippen molar-refractivity contribution in [1.29, 1.82) is 0 Å². The first kappa shape index (κ1) is 19.6. The first-order valence-electron chi connectivity index (χ1n) is 9.62. The average Bonchev–Trinajstić information content (AvgIpc) is 3.24. The lowest BCUT2D eigenvalue weighted by molar-refractivity contribution is 0.102. The van der Waals surface area contributed by atoms with Crippen LogP contribution in [0.3, 0.4) is 0 Å². The number of hydrogen-bond donors (Lipinski definition) is 1. The Balaban J connectivity index is 1.43. The van der Waals surface area contributed by atoms with Crippen LogP contribution in [0.1, 0.15) is 52.7 Å². The summed E-state index contributed by atoms with van der Waals surface area (Å²) in [6, 6.07) is 14.6. The number of carbonyl (C=O) groups is 1. The minimum atomic E-state index is 0.169. The Bertz CT molecular complexity index is 699. The summed E-state index contributed by atoms with van der Waals surface area (Å²) in [5.41, 5.74) is 1.34. The Labute approximate surface area is 166 Å². The van der Waals surface area contributed by atoms with Gasteiger partial charge in [0, 0.05) is 16.8 Å². The molecule has 1 saturated carbocycles. The van der Waals surface area contributed by atoms with Gasteiger partial charge in [0.25, 0.3) is 0 Å². The average molecular weight is 390 g/mol. The van der Waals surface area contributed by atoms with Gasteiger partial charge in [-0.25, -0.2) is 0 Å². The van der Waals surface area contributed by atoms with Crippen LogP contribution in [0.25, 0.3) is 0 Å². The van der Waals surface area contributed by atoms with E-state index in [1.54, 1.807) is 18.3 Å². The number of aryl methyl sites for hydroxylation is 1. The maximum Gasteiger partial charge on any atom is 0.169 e. The molecule has 0 spiro atoms. The highest BCUT2D eigenvalue weighted by atomic mass is 35.5. The minimum absolute atomic E-state index is 0.169. The van der Waals surface area contributed by atoms with Gasteiger partial charge >= 0.3 is 0 Å². The predicted molar refractivity (Wildman–Crippen MR) is 111 cm³/mol. The molecule has 1 aliphatic carbocycles. The van der Waals surface area contributed by atoms with Crippen molar-refractivity contribution in [2.24, 2.45) is 11.8 Å². The molecule has 1 fully saturated rings. The second kappa shape index (κ2) is 9.68. The van der Waals surface area contributed by atoms with Crippen molar-refractivity contribution in [3.63, 3.8) is 0 Å². The Morgan fingerprint density at radius 1 is 1.19 bits per heavy atom. The van der Waals surface area contributed by atoms with Gasteiger partial charge in [0.05, 0.1) is 4.88 Å². The Kier molecular flexibility index (Phi) is 7.30. The van der Waals surface area contributed by atoms with Crippen LogP contribution in [0.5, 0.6) is 0 Å². The summed E-state index contributed by atoms with van der Waals surface area (Å²) in [5, 5.41) is 3.94. The third-order valence-corrected chi connectivity index (χ3v) is 7.22. The van der Waals surface area contributed by atoms with Crippen molar-refractivity contribution in [2.45, 2.75) is 50.9 Å².